The number of alkyl halides is 5. The van der Waals surface area contributed by atoms with Gasteiger partial charge < -0.3 is 9.47 Å². The summed E-state index contributed by atoms with van der Waals surface area (Å²) in [6.07, 6.45) is -7.72. The molecule has 0 aliphatic heterocycles. The van der Waals surface area contributed by atoms with E-state index in [9.17, 15) is 26.7 Å². The van der Waals surface area contributed by atoms with Crippen molar-refractivity contribution in [2.75, 3.05) is 0 Å². The second kappa shape index (κ2) is 11.8. The molecule has 0 amide bonds. The predicted octanol–water partition coefficient (Wildman–Crippen LogP) is 8.62. The van der Waals surface area contributed by atoms with Gasteiger partial charge in [-0.1, -0.05) is 61.0 Å². The third kappa shape index (κ3) is 7.32. The molecule has 0 aromatic heterocycles. The van der Waals surface area contributed by atoms with Crippen LogP contribution in [0, 0.1) is 0 Å². The molecular formula is C28H24ClF5O3. The van der Waals surface area contributed by atoms with E-state index in [1.807, 2.05) is 54.6 Å². The molecule has 0 N–H and O–H groups in total. The Morgan fingerprint density at radius 3 is 2.14 bits per heavy atom. The first-order valence-electron chi connectivity index (χ1n) is 11.3. The number of para-hydroxylation sites is 1. The minimum atomic E-state index is -5.85. The number of carbonyl (C=O) groups excluding carboxylic acids is 1. The number of aryl methyl sites for hydroxylation is 1. The highest BCUT2D eigenvalue weighted by atomic mass is 35.5. The second-order valence-corrected chi connectivity index (χ2v) is 8.95. The fraction of sp³-hybridized carbons (Fsp3) is 0.250. The molecule has 0 fully saturated rings. The second-order valence-electron chi connectivity index (χ2n) is 8.54. The summed E-state index contributed by atoms with van der Waals surface area (Å²) in [6.45, 7) is 1.77. The minimum absolute atomic E-state index is 0.206. The number of rotatable bonds is 11. The maximum atomic E-state index is 13.2. The maximum absolute atomic E-state index is 13.2. The van der Waals surface area contributed by atoms with Crippen LogP contribution in [0.25, 0.3) is 0 Å². The molecule has 3 nitrogen and oxygen atoms in total. The average molecular weight is 539 g/mol. The van der Waals surface area contributed by atoms with Gasteiger partial charge in [-0.2, -0.15) is 22.0 Å². The van der Waals surface area contributed by atoms with Crippen molar-refractivity contribution in [1.82, 2.24) is 0 Å². The smallest absolute Gasteiger partial charge is 0.457 e. The van der Waals surface area contributed by atoms with Gasteiger partial charge in [-0.25, -0.2) is 0 Å². The number of benzene rings is 3. The molecular weight excluding hydrogens is 515 g/mol. The Hall–Kier alpha value is -3.39. The van der Waals surface area contributed by atoms with Gasteiger partial charge in [0.15, 0.2) is 0 Å². The molecule has 0 saturated heterocycles. The van der Waals surface area contributed by atoms with Gasteiger partial charge in [0.2, 0.25) is 0 Å². The topological polar surface area (TPSA) is 35.5 Å². The Kier molecular flexibility index (Phi) is 8.97. The third-order valence-corrected chi connectivity index (χ3v) is 6.37. The summed E-state index contributed by atoms with van der Waals surface area (Å²) in [5.41, 5.74) is 0.634. The molecule has 0 bridgehead atoms. The predicted molar refractivity (Wildman–Crippen MR) is 131 cm³/mol. The van der Waals surface area contributed by atoms with Crippen molar-refractivity contribution in [2.24, 2.45) is 0 Å². The van der Waals surface area contributed by atoms with Crippen molar-refractivity contribution in [3.05, 3.63) is 101 Å². The summed E-state index contributed by atoms with van der Waals surface area (Å²) in [5.74, 6) is 0.731. The first-order chi connectivity index (χ1) is 17.4. The third-order valence-electron chi connectivity index (χ3n) is 5.83. The zero-order valence-corrected chi connectivity index (χ0v) is 20.5. The summed E-state index contributed by atoms with van der Waals surface area (Å²) in [5, 5.41) is 0.206. The van der Waals surface area contributed by atoms with Crippen LogP contribution in [0.3, 0.4) is 0 Å². The van der Waals surface area contributed by atoms with Crippen LogP contribution in [-0.4, -0.2) is 18.6 Å². The first-order valence-corrected chi connectivity index (χ1v) is 11.7. The fourth-order valence-electron chi connectivity index (χ4n) is 3.78. The molecule has 196 valence electrons. The molecule has 9 heteroatoms. The Morgan fingerprint density at radius 1 is 0.865 bits per heavy atom. The monoisotopic (exact) mass is 538 g/mol. The number of allylic oxidation sites excluding steroid dienone is 2. The van der Waals surface area contributed by atoms with E-state index in [1.165, 1.54) is 18.2 Å². The van der Waals surface area contributed by atoms with E-state index in [-0.39, 0.29) is 5.03 Å². The Bertz CT molecular complexity index is 1210. The van der Waals surface area contributed by atoms with Gasteiger partial charge in [-0.3, -0.25) is 4.79 Å². The standard InChI is InChI=1S/C28H24ClF5O3/c1-26(25(29)16-18-35,21-12-14-23(15-13-21)37-28(33,34)27(30,31)32)17-6-8-20-7-5-11-24(19-20)36-22-9-3-2-4-10-22/h2-5,7,9-16,18-19H,6,8,17H2,1H3. The summed E-state index contributed by atoms with van der Waals surface area (Å²) < 4.78 is 73.5. The lowest BCUT2D eigenvalue weighted by atomic mass is 9.77. The molecule has 0 saturated carbocycles. The van der Waals surface area contributed by atoms with Crippen LogP contribution in [0.15, 0.2) is 90.0 Å². The summed E-state index contributed by atoms with van der Waals surface area (Å²) in [4.78, 5) is 11.1. The van der Waals surface area contributed by atoms with Gasteiger partial charge in [0, 0.05) is 10.4 Å². The van der Waals surface area contributed by atoms with Gasteiger partial charge >= 0.3 is 12.3 Å². The molecule has 37 heavy (non-hydrogen) atoms. The van der Waals surface area contributed by atoms with E-state index in [2.05, 4.69) is 4.74 Å². The molecule has 0 heterocycles. The molecule has 3 rings (SSSR count). The fourth-order valence-corrected chi connectivity index (χ4v) is 4.03. The Balaban J connectivity index is 1.73. The summed E-state index contributed by atoms with van der Waals surface area (Å²) in [6, 6.07) is 21.7. The quantitative estimate of drug-likeness (QED) is 0.139. The van der Waals surface area contributed by atoms with Crippen molar-refractivity contribution < 1.29 is 36.2 Å². The van der Waals surface area contributed by atoms with Gasteiger partial charge in [0.1, 0.15) is 23.5 Å². The van der Waals surface area contributed by atoms with Crippen molar-refractivity contribution in [2.45, 2.75) is 43.9 Å². The van der Waals surface area contributed by atoms with Gasteiger partial charge in [-0.15, -0.1) is 0 Å². The maximum Gasteiger partial charge on any atom is 0.499 e. The van der Waals surface area contributed by atoms with E-state index in [4.69, 9.17) is 16.3 Å². The van der Waals surface area contributed by atoms with Crippen LogP contribution in [0.4, 0.5) is 22.0 Å². The van der Waals surface area contributed by atoms with Gasteiger partial charge in [0.25, 0.3) is 0 Å². The highest BCUT2D eigenvalue weighted by Crippen LogP contribution is 2.41. The van der Waals surface area contributed by atoms with E-state index in [1.54, 1.807) is 6.92 Å². The number of aldehydes is 1. The highest BCUT2D eigenvalue weighted by molar-refractivity contribution is 6.31. The van der Waals surface area contributed by atoms with E-state index in [0.717, 1.165) is 17.7 Å². The average Bonchev–Trinajstić information content (AvgIpc) is 2.84. The molecule has 0 aliphatic rings. The van der Waals surface area contributed by atoms with Crippen LogP contribution < -0.4 is 9.47 Å². The number of carbonyl (C=O) groups is 1. The molecule has 3 aromatic rings. The van der Waals surface area contributed by atoms with Crippen molar-refractivity contribution in [1.29, 1.82) is 0 Å². The number of ether oxygens (including phenoxy) is 2. The lowest BCUT2D eigenvalue weighted by Gasteiger charge is -2.30. The van der Waals surface area contributed by atoms with Crippen LogP contribution >= 0.6 is 11.6 Å². The van der Waals surface area contributed by atoms with Gasteiger partial charge in [0.05, 0.1) is 0 Å². The zero-order valence-electron chi connectivity index (χ0n) is 19.8. The zero-order chi connectivity index (χ0) is 27.1. The van der Waals surface area contributed by atoms with Crippen molar-refractivity contribution in [3.63, 3.8) is 0 Å². The lowest BCUT2D eigenvalue weighted by Crippen LogP contribution is -2.41. The molecule has 0 aliphatic carbocycles. The number of halogens is 6. The molecule has 3 aromatic carbocycles. The number of hydrogen-bond donors (Lipinski definition) is 0. The molecule has 1 unspecified atom stereocenters. The molecule has 0 radical (unpaired) electrons. The van der Waals surface area contributed by atoms with Crippen molar-refractivity contribution in [3.8, 4) is 17.2 Å². The van der Waals surface area contributed by atoms with Crippen LogP contribution in [0.1, 0.15) is 30.9 Å². The highest BCUT2D eigenvalue weighted by Gasteiger charge is 2.61. The normalized spacial score (nSPS) is 14.1. The molecule has 0 spiro atoms. The lowest BCUT2D eigenvalue weighted by molar-refractivity contribution is -0.360. The van der Waals surface area contributed by atoms with E-state index < -0.39 is 23.4 Å². The van der Waals surface area contributed by atoms with Crippen LogP contribution in [-0.2, 0) is 16.6 Å². The minimum Gasteiger partial charge on any atom is -0.457 e. The van der Waals surface area contributed by atoms with Gasteiger partial charge in [-0.05, 0) is 72.9 Å². The van der Waals surface area contributed by atoms with Crippen molar-refractivity contribution >= 4 is 17.9 Å². The Labute approximate surface area is 216 Å². The summed E-state index contributed by atoms with van der Waals surface area (Å²) in [7, 11) is 0. The van der Waals surface area contributed by atoms with E-state index in [0.29, 0.717) is 42.6 Å². The summed E-state index contributed by atoms with van der Waals surface area (Å²) >= 11 is 6.44. The van der Waals surface area contributed by atoms with Crippen LogP contribution in [0.2, 0.25) is 0 Å². The van der Waals surface area contributed by atoms with Crippen LogP contribution in [0.5, 0.6) is 17.2 Å². The largest absolute Gasteiger partial charge is 0.499 e. The first kappa shape index (κ1) is 28.2. The van der Waals surface area contributed by atoms with E-state index >= 15 is 0 Å². The number of hydrogen-bond acceptors (Lipinski definition) is 3. The molecule has 1 atom stereocenters. The SMILES string of the molecule is CC(CCCc1cccc(Oc2ccccc2)c1)(C(Cl)=CC=O)c1ccc(OC(F)(F)C(F)(F)F)cc1. The Morgan fingerprint density at radius 2 is 1.51 bits per heavy atom.